The lowest BCUT2D eigenvalue weighted by Crippen LogP contribution is -2.62. The van der Waals surface area contributed by atoms with Crippen molar-refractivity contribution in [3.05, 3.63) is 96.1 Å². The number of primary amides is 3. The molecule has 4 aromatic carbocycles. The first kappa shape index (κ1) is 105. The van der Waals surface area contributed by atoms with E-state index in [1.165, 1.54) is 0 Å². The maximum Gasteiger partial charge on any atom is 0.244 e. The average molecular weight is 1800 g/mol. The van der Waals surface area contributed by atoms with E-state index >= 15 is 14.4 Å². The predicted molar refractivity (Wildman–Crippen MR) is 478 cm³/mol. The molecule has 5 rings (SSSR count). The van der Waals surface area contributed by atoms with Crippen LogP contribution in [0.5, 0.6) is 0 Å². The van der Waals surface area contributed by atoms with Gasteiger partial charge in [0, 0.05) is 44.2 Å². The first-order valence-electron chi connectivity index (χ1n) is 42.3. The van der Waals surface area contributed by atoms with E-state index < -0.39 is 228 Å². The van der Waals surface area contributed by atoms with Gasteiger partial charge in [-0.1, -0.05) is 154 Å². The Balaban J connectivity index is 1.64. The summed E-state index contributed by atoms with van der Waals surface area (Å²) in [6.45, 7) is 10.3. The summed E-state index contributed by atoms with van der Waals surface area (Å²) in [4.78, 5) is 243. The van der Waals surface area contributed by atoms with Crippen molar-refractivity contribution in [1.82, 2.24) is 79.8 Å². The number of hydrogen-bond acceptors (Lipinski definition) is 23. The molecule has 1 fully saturated rings. The number of hydrogen-bond donors (Lipinski definition) is 23. The van der Waals surface area contributed by atoms with Crippen LogP contribution < -0.4 is 120 Å². The molecule has 14 atom stereocenters. The SMILES string of the molecule is CC[C@H](C)[C@@H]1NC(=O)[C@H](Cc2cccc3ccccc23)NC(=O)[C@H](CCCN)NC(=O)CNC(=O)[C@H](CC(N)=O)NC(=O)[C@H](C(C)C)NC(=O)[C@H](CCCCN)NC(=O)[C@H](C(C)C)NC(=O)[C@H](Cc2cccc3ccccc23)NC(=O)[C@H](CCCNC(=N)N)NC(=O)[C@@H](NC(C)=O)CSSC[C@@H](C(N)=O)NC(=O)[C@H](CCC(N)=O)NC(=O)[C@H](CCCCN)NC1=O. The van der Waals surface area contributed by atoms with Crippen molar-refractivity contribution in [2.24, 2.45) is 57.9 Å². The molecule has 692 valence electrons. The van der Waals surface area contributed by atoms with Gasteiger partial charge in [-0.3, -0.25) is 86.9 Å². The molecule has 0 saturated carbocycles. The Morgan fingerprint density at radius 2 is 0.825 bits per heavy atom. The van der Waals surface area contributed by atoms with Crippen LogP contribution in [0.15, 0.2) is 84.9 Å². The van der Waals surface area contributed by atoms with Crippen LogP contribution in [0.25, 0.3) is 21.5 Å². The predicted octanol–water partition coefficient (Wildman–Crippen LogP) is -3.14. The summed E-state index contributed by atoms with van der Waals surface area (Å²) < 4.78 is 0. The largest absolute Gasteiger partial charge is 0.370 e. The molecule has 0 aliphatic carbocycles. The van der Waals surface area contributed by atoms with Gasteiger partial charge in [0.05, 0.1) is 13.0 Å². The monoisotopic (exact) mass is 1790 g/mol. The Hall–Kier alpha value is -11.8. The molecule has 0 spiro atoms. The van der Waals surface area contributed by atoms with Gasteiger partial charge in [0.1, 0.15) is 78.5 Å². The van der Waals surface area contributed by atoms with Gasteiger partial charge in [0.15, 0.2) is 5.96 Å². The molecular formula is C84H127N23O17S2. The van der Waals surface area contributed by atoms with Crippen LogP contribution in [0, 0.1) is 23.2 Å². The minimum absolute atomic E-state index is 0.00906. The van der Waals surface area contributed by atoms with Gasteiger partial charge in [0.25, 0.3) is 0 Å². The number of guanidine groups is 1. The third-order valence-corrected chi connectivity index (χ3v) is 23.4. The molecule has 1 heterocycles. The topological polar surface area (TPSA) is 677 Å². The van der Waals surface area contributed by atoms with E-state index in [2.05, 4.69) is 79.8 Å². The molecule has 30 N–H and O–H groups in total. The van der Waals surface area contributed by atoms with E-state index in [0.29, 0.717) is 34.7 Å². The molecule has 0 unspecified atom stereocenters. The molecule has 0 bridgehead atoms. The second-order valence-electron chi connectivity index (χ2n) is 31.7. The molecule has 40 nitrogen and oxygen atoms in total. The van der Waals surface area contributed by atoms with Gasteiger partial charge >= 0.3 is 0 Å². The second kappa shape index (κ2) is 54.2. The summed E-state index contributed by atoms with van der Waals surface area (Å²) in [5, 5.41) is 50.2. The number of amides is 17. The van der Waals surface area contributed by atoms with Crippen LogP contribution >= 0.6 is 21.6 Å². The van der Waals surface area contributed by atoms with E-state index in [-0.39, 0.29) is 108 Å². The van der Waals surface area contributed by atoms with Crippen molar-refractivity contribution in [3.8, 4) is 0 Å². The third-order valence-electron chi connectivity index (χ3n) is 21.0. The molecule has 1 saturated heterocycles. The first-order chi connectivity index (χ1) is 59.9. The van der Waals surface area contributed by atoms with E-state index in [0.717, 1.165) is 39.3 Å². The summed E-state index contributed by atoms with van der Waals surface area (Å²) in [6, 6.07) is 5.17. The lowest BCUT2D eigenvalue weighted by molar-refractivity contribution is -0.137. The maximum atomic E-state index is 15.2. The average Bonchev–Trinajstić information content (AvgIpc) is 0.787. The molecule has 0 radical (unpaired) electrons. The summed E-state index contributed by atoms with van der Waals surface area (Å²) in [5.74, 6) is -19.4. The number of carbonyl (C=O) groups excluding carboxylic acids is 17. The first-order valence-corrected chi connectivity index (χ1v) is 44.8. The quantitative estimate of drug-likeness (QED) is 0.0106. The van der Waals surface area contributed by atoms with E-state index in [4.69, 9.17) is 45.5 Å². The summed E-state index contributed by atoms with van der Waals surface area (Å²) >= 11 is 0. The lowest BCUT2D eigenvalue weighted by atomic mass is 9.95. The lowest BCUT2D eigenvalue weighted by Gasteiger charge is -2.30. The van der Waals surface area contributed by atoms with Gasteiger partial charge < -0.3 is 120 Å². The fourth-order valence-electron chi connectivity index (χ4n) is 13.7. The highest BCUT2D eigenvalue weighted by atomic mass is 33.1. The van der Waals surface area contributed by atoms with Gasteiger partial charge in [-0.2, -0.15) is 0 Å². The Labute approximate surface area is 740 Å². The minimum atomic E-state index is -1.80. The number of nitrogens with one attached hydrogen (secondary N) is 16. The zero-order chi connectivity index (χ0) is 93.3. The number of carbonyl (C=O) groups is 17. The smallest absolute Gasteiger partial charge is 0.244 e. The van der Waals surface area contributed by atoms with E-state index in [1.54, 1.807) is 102 Å². The molecule has 1 aliphatic rings. The van der Waals surface area contributed by atoms with Gasteiger partial charge in [-0.15, -0.1) is 0 Å². The van der Waals surface area contributed by atoms with Crippen LogP contribution in [0.2, 0.25) is 0 Å². The Morgan fingerprint density at radius 3 is 1.29 bits per heavy atom. The van der Waals surface area contributed by atoms with E-state index in [1.807, 2.05) is 24.3 Å². The highest BCUT2D eigenvalue weighted by Gasteiger charge is 2.40. The second-order valence-corrected chi connectivity index (χ2v) is 34.3. The zero-order valence-corrected chi connectivity index (χ0v) is 74.0. The van der Waals surface area contributed by atoms with Crippen molar-refractivity contribution in [3.63, 3.8) is 0 Å². The number of benzene rings is 4. The van der Waals surface area contributed by atoms with Gasteiger partial charge in [0.2, 0.25) is 100 Å². The van der Waals surface area contributed by atoms with Crippen molar-refractivity contribution in [2.45, 2.75) is 230 Å². The molecule has 42 heteroatoms. The van der Waals surface area contributed by atoms with Crippen LogP contribution in [0.1, 0.15) is 149 Å². The molecule has 17 amide bonds. The molecule has 1 aliphatic heterocycles. The van der Waals surface area contributed by atoms with Crippen LogP contribution in [-0.2, 0) is 94.3 Å². The fraction of sp³-hybridized carbons (Fsp3) is 0.548. The summed E-state index contributed by atoms with van der Waals surface area (Å²) in [5.41, 5.74) is 41.5. The van der Waals surface area contributed by atoms with Crippen LogP contribution in [0.3, 0.4) is 0 Å². The van der Waals surface area contributed by atoms with E-state index in [9.17, 15) is 67.1 Å². The molecule has 0 aromatic heterocycles. The summed E-state index contributed by atoms with van der Waals surface area (Å²) in [7, 11) is 1.82. The van der Waals surface area contributed by atoms with Crippen molar-refractivity contribution < 1.29 is 81.5 Å². The highest BCUT2D eigenvalue weighted by Crippen LogP contribution is 2.26. The Kier molecular flexibility index (Phi) is 45.1. The zero-order valence-electron chi connectivity index (χ0n) is 72.4. The number of nitrogens with two attached hydrogens (primary N) is 7. The highest BCUT2D eigenvalue weighted by molar-refractivity contribution is 8.76. The number of unbranched alkanes of at least 4 members (excludes halogenated alkanes) is 2. The minimum Gasteiger partial charge on any atom is -0.370 e. The van der Waals surface area contributed by atoms with Gasteiger partial charge in [-0.25, -0.2) is 0 Å². The normalized spacial score (nSPS) is 23.4. The molecule has 126 heavy (non-hydrogen) atoms. The molecular weight excluding hydrogens is 1670 g/mol. The van der Waals surface area contributed by atoms with Crippen molar-refractivity contribution in [2.75, 3.05) is 44.2 Å². The Morgan fingerprint density at radius 1 is 0.429 bits per heavy atom. The van der Waals surface area contributed by atoms with Crippen molar-refractivity contribution in [1.29, 1.82) is 5.41 Å². The maximum absolute atomic E-state index is 15.2. The third kappa shape index (κ3) is 35.3. The Bertz CT molecular complexity index is 4440. The van der Waals surface area contributed by atoms with Crippen LogP contribution in [0.4, 0.5) is 0 Å². The summed E-state index contributed by atoms with van der Waals surface area (Å²) in [6.07, 6.45) is -1.10. The standard InChI is InChI=1S/C84H127N23O17S2/c1-8-47(6)70-83(124)100-56(29-13-15-35-85)74(115)98-59(33-34-65(88)109)76(117)104-63(71(90)112)43-125-126-44-64(95-48(7)108)80(121)97-58(32-20-38-93-84(91)92)75(116)102-60(39-51-25-17-23-49-21-9-11-27-53(49)51)78(119)106-68(45(2)3)81(122)99-57(30-14-16-36-86)77(118)105-69(46(4)5)82(123)103-62(41-66(89)110)72(113)94-42-67(111)96-55(31-19-37-87)73(114)101-61(79(120)107-70)40-52-26-18-24-50-22-10-12-28-54(50)52/h9-12,17-18,21-28,45-47,55-64,68-70H,8,13-16,19-20,29-44,85-87H2,1-7H3,(H2,88,109)(H2,89,110)(H2,90,112)(H,94,113)(H,95,108)(H,96,111)(H,97,121)(H,98,115)(H,99,122)(H,100,124)(H,101,114)(H,102,116)(H,103,123)(H,104,117)(H,105,118)(H,106,119)(H,107,120)(H4,91,92,93)/t47-,55-,56-,57-,58-,59-,60-,61-,62-,63-,64-,68-,69-,70-/m0/s1. The van der Waals surface area contributed by atoms with Gasteiger partial charge in [-0.05, 0) is 141 Å². The van der Waals surface area contributed by atoms with Crippen LogP contribution in [-0.4, -0.2) is 229 Å². The number of rotatable bonds is 30. The number of fused-ring (bicyclic) bond motifs is 2. The van der Waals surface area contributed by atoms with Crippen molar-refractivity contribution >= 4 is 150 Å². The fourth-order valence-corrected chi connectivity index (χ4v) is 16.1. The molecule has 4 aromatic rings.